The molecule has 0 radical (unpaired) electrons. The molecule has 1 rings (SSSR count). The molecule has 1 amide bonds. The van der Waals surface area contributed by atoms with Crippen LogP contribution in [0, 0.1) is 11.8 Å². The van der Waals surface area contributed by atoms with Crippen LogP contribution in [0.3, 0.4) is 0 Å². The van der Waals surface area contributed by atoms with Crippen molar-refractivity contribution in [1.82, 2.24) is 5.32 Å². The van der Waals surface area contributed by atoms with E-state index in [2.05, 4.69) is 19.2 Å². The Balaban J connectivity index is 2.57. The Morgan fingerprint density at radius 2 is 1.89 bits per heavy atom. The molecule has 0 aliphatic rings. The zero-order valence-corrected chi connectivity index (χ0v) is 11.4. The van der Waals surface area contributed by atoms with Crippen LogP contribution in [0.1, 0.15) is 38.3 Å². The van der Waals surface area contributed by atoms with Crippen molar-refractivity contribution in [3.63, 3.8) is 0 Å². The van der Waals surface area contributed by atoms with E-state index in [1.165, 1.54) is 0 Å². The van der Waals surface area contributed by atoms with Crippen LogP contribution in [0.5, 0.6) is 0 Å². The highest BCUT2D eigenvalue weighted by molar-refractivity contribution is 5.78. The van der Waals surface area contributed by atoms with Gasteiger partial charge in [0.15, 0.2) is 0 Å². The van der Waals surface area contributed by atoms with E-state index in [-0.39, 0.29) is 18.4 Å². The molecule has 0 aliphatic carbocycles. The van der Waals surface area contributed by atoms with Crippen molar-refractivity contribution in [2.24, 2.45) is 11.8 Å². The number of aliphatic hydroxyl groups excluding tert-OH is 1. The van der Waals surface area contributed by atoms with Crippen LogP contribution in [-0.4, -0.2) is 11.0 Å². The molecule has 3 nitrogen and oxygen atoms in total. The summed E-state index contributed by atoms with van der Waals surface area (Å²) < 4.78 is 0. The molecule has 0 bridgehead atoms. The van der Waals surface area contributed by atoms with Crippen molar-refractivity contribution in [3.8, 4) is 0 Å². The van der Waals surface area contributed by atoms with Crippen LogP contribution < -0.4 is 5.32 Å². The second-order valence-corrected chi connectivity index (χ2v) is 4.82. The molecule has 2 unspecified atom stereocenters. The molecule has 0 aromatic heterocycles. The summed E-state index contributed by atoms with van der Waals surface area (Å²) in [4.78, 5) is 11.9. The molecule has 0 fully saturated rings. The maximum Gasteiger partial charge on any atom is 0.223 e. The van der Waals surface area contributed by atoms with Crippen LogP contribution in [0.4, 0.5) is 0 Å². The Morgan fingerprint density at radius 3 is 2.44 bits per heavy atom. The zero-order valence-electron chi connectivity index (χ0n) is 11.4. The number of amides is 1. The lowest BCUT2D eigenvalue weighted by atomic mass is 9.93. The third-order valence-corrected chi connectivity index (χ3v) is 3.65. The maximum atomic E-state index is 11.9. The highest BCUT2D eigenvalue weighted by Crippen LogP contribution is 2.15. The molecular weight excluding hydrogens is 226 g/mol. The fourth-order valence-electron chi connectivity index (χ4n) is 1.84. The zero-order chi connectivity index (χ0) is 13.5. The number of carbonyl (C=O) groups excluding carboxylic acids is 1. The van der Waals surface area contributed by atoms with Gasteiger partial charge in [-0.05, 0) is 17.0 Å². The monoisotopic (exact) mass is 249 g/mol. The Labute approximate surface area is 109 Å². The Morgan fingerprint density at radius 1 is 1.28 bits per heavy atom. The van der Waals surface area contributed by atoms with Crippen molar-refractivity contribution < 1.29 is 9.90 Å². The first-order valence-corrected chi connectivity index (χ1v) is 6.55. The molecule has 3 heteroatoms. The van der Waals surface area contributed by atoms with E-state index in [0.717, 1.165) is 17.5 Å². The fourth-order valence-corrected chi connectivity index (χ4v) is 1.84. The average Bonchev–Trinajstić information content (AvgIpc) is 2.43. The first kappa shape index (κ1) is 14.7. The summed E-state index contributed by atoms with van der Waals surface area (Å²) in [6, 6.07) is 7.61. The average molecular weight is 249 g/mol. The molecule has 1 aromatic carbocycles. The fraction of sp³-hybridized carbons (Fsp3) is 0.533. The van der Waals surface area contributed by atoms with Gasteiger partial charge in [0.05, 0.1) is 6.61 Å². The minimum Gasteiger partial charge on any atom is -0.392 e. The normalized spacial score (nSPS) is 14.0. The van der Waals surface area contributed by atoms with Crippen molar-refractivity contribution in [2.75, 3.05) is 0 Å². The predicted octanol–water partition coefficient (Wildman–Crippen LogP) is 2.48. The molecule has 0 heterocycles. The van der Waals surface area contributed by atoms with Gasteiger partial charge in [0.25, 0.3) is 0 Å². The van der Waals surface area contributed by atoms with Gasteiger partial charge in [-0.1, -0.05) is 51.5 Å². The number of benzene rings is 1. The lowest BCUT2D eigenvalue weighted by Crippen LogP contribution is -2.32. The van der Waals surface area contributed by atoms with Gasteiger partial charge in [0.2, 0.25) is 5.91 Å². The predicted molar refractivity (Wildman–Crippen MR) is 72.8 cm³/mol. The summed E-state index contributed by atoms with van der Waals surface area (Å²) in [5.41, 5.74) is 1.85. The molecule has 100 valence electrons. The number of aliphatic hydroxyl groups is 1. The van der Waals surface area contributed by atoms with Crippen molar-refractivity contribution >= 4 is 5.91 Å². The molecule has 0 saturated heterocycles. The van der Waals surface area contributed by atoms with Crippen LogP contribution in [0.25, 0.3) is 0 Å². The first-order valence-electron chi connectivity index (χ1n) is 6.55. The minimum absolute atomic E-state index is 0.00690. The molecule has 0 saturated carbocycles. The van der Waals surface area contributed by atoms with Crippen LogP contribution in [0.2, 0.25) is 0 Å². The van der Waals surface area contributed by atoms with E-state index >= 15 is 0 Å². The smallest absolute Gasteiger partial charge is 0.223 e. The molecule has 1 aromatic rings. The highest BCUT2D eigenvalue weighted by Gasteiger charge is 2.18. The van der Waals surface area contributed by atoms with Gasteiger partial charge < -0.3 is 10.4 Å². The highest BCUT2D eigenvalue weighted by atomic mass is 16.3. The topological polar surface area (TPSA) is 49.3 Å². The van der Waals surface area contributed by atoms with E-state index in [0.29, 0.717) is 12.5 Å². The van der Waals surface area contributed by atoms with Gasteiger partial charge >= 0.3 is 0 Å². The van der Waals surface area contributed by atoms with E-state index in [1.54, 1.807) is 0 Å². The first-order chi connectivity index (χ1) is 8.60. The second-order valence-electron chi connectivity index (χ2n) is 4.82. The van der Waals surface area contributed by atoms with Gasteiger partial charge in [-0.3, -0.25) is 4.79 Å². The standard InChI is InChI=1S/C15H23NO2/c1-4-11(2)12(3)15(18)16-9-13-7-5-6-8-14(13)10-17/h5-8,11-12,17H,4,9-10H2,1-3H3,(H,16,18). The minimum atomic E-state index is 0.00690. The van der Waals surface area contributed by atoms with Gasteiger partial charge in [0, 0.05) is 12.5 Å². The SMILES string of the molecule is CCC(C)C(C)C(=O)NCc1ccccc1CO. The lowest BCUT2D eigenvalue weighted by molar-refractivity contribution is -0.126. The van der Waals surface area contributed by atoms with Crippen LogP contribution in [0.15, 0.2) is 24.3 Å². The largest absolute Gasteiger partial charge is 0.392 e. The number of hydrogen-bond acceptors (Lipinski definition) is 2. The molecular formula is C15H23NO2. The van der Waals surface area contributed by atoms with Crippen molar-refractivity contribution in [3.05, 3.63) is 35.4 Å². The van der Waals surface area contributed by atoms with E-state index in [9.17, 15) is 9.90 Å². The van der Waals surface area contributed by atoms with Gasteiger partial charge in [-0.2, -0.15) is 0 Å². The van der Waals surface area contributed by atoms with E-state index in [1.807, 2.05) is 31.2 Å². The third-order valence-electron chi connectivity index (χ3n) is 3.65. The summed E-state index contributed by atoms with van der Waals surface area (Å²) in [6.45, 7) is 6.63. The summed E-state index contributed by atoms with van der Waals surface area (Å²) >= 11 is 0. The summed E-state index contributed by atoms with van der Waals surface area (Å²) in [5.74, 6) is 0.492. The summed E-state index contributed by atoms with van der Waals surface area (Å²) in [6.07, 6.45) is 1.00. The van der Waals surface area contributed by atoms with Crippen molar-refractivity contribution in [2.45, 2.75) is 40.3 Å². The van der Waals surface area contributed by atoms with Crippen molar-refractivity contribution in [1.29, 1.82) is 0 Å². The lowest BCUT2D eigenvalue weighted by Gasteiger charge is -2.18. The van der Waals surface area contributed by atoms with Crippen LogP contribution >= 0.6 is 0 Å². The molecule has 0 aliphatic heterocycles. The van der Waals surface area contributed by atoms with Gasteiger partial charge in [0.1, 0.15) is 0 Å². The molecule has 2 atom stereocenters. The summed E-state index contributed by atoms with van der Waals surface area (Å²) in [5, 5.41) is 12.1. The molecule has 18 heavy (non-hydrogen) atoms. The Kier molecular flexibility index (Phi) is 5.86. The third kappa shape index (κ3) is 3.84. The number of rotatable bonds is 6. The van der Waals surface area contributed by atoms with Gasteiger partial charge in [-0.25, -0.2) is 0 Å². The van der Waals surface area contributed by atoms with Crippen LogP contribution in [-0.2, 0) is 17.9 Å². The number of nitrogens with one attached hydrogen (secondary N) is 1. The van der Waals surface area contributed by atoms with Gasteiger partial charge in [-0.15, -0.1) is 0 Å². The summed E-state index contributed by atoms with van der Waals surface area (Å²) in [7, 11) is 0. The number of hydrogen-bond donors (Lipinski definition) is 2. The maximum absolute atomic E-state index is 11.9. The number of carbonyl (C=O) groups is 1. The molecule has 2 N–H and O–H groups in total. The second kappa shape index (κ2) is 7.17. The quantitative estimate of drug-likeness (QED) is 0.813. The van der Waals surface area contributed by atoms with E-state index in [4.69, 9.17) is 0 Å². The molecule has 0 spiro atoms. The Hall–Kier alpha value is -1.35. The van der Waals surface area contributed by atoms with E-state index < -0.39 is 0 Å². The Bertz CT molecular complexity index is 390.